The average molecular weight is 384 g/mol. The standard InChI is InChI=1S/C24H33NO3/c1-6-18-8-12-21(13-9-18)28-23(7-2)24(26)25-22(16-17(3)4)19-10-14-20(27-5)15-11-19/h8-15,17,22-23H,6-7,16H2,1-5H3,(H,25,26). The van der Waals surface area contributed by atoms with Crippen LogP contribution in [0.1, 0.15) is 57.7 Å². The van der Waals surface area contributed by atoms with E-state index in [0.29, 0.717) is 12.3 Å². The minimum absolute atomic E-state index is 0.0569. The normalized spacial score (nSPS) is 13.1. The lowest BCUT2D eigenvalue weighted by atomic mass is 9.96. The molecule has 2 rings (SSSR count). The topological polar surface area (TPSA) is 47.6 Å². The molecule has 4 heteroatoms. The summed E-state index contributed by atoms with van der Waals surface area (Å²) in [6.45, 7) is 8.40. The summed E-state index contributed by atoms with van der Waals surface area (Å²) in [5, 5.41) is 3.19. The summed E-state index contributed by atoms with van der Waals surface area (Å²) in [6, 6.07) is 15.8. The van der Waals surface area contributed by atoms with Crippen molar-refractivity contribution in [3.05, 3.63) is 59.7 Å². The Morgan fingerprint density at radius 3 is 2.07 bits per heavy atom. The third-order valence-corrected chi connectivity index (χ3v) is 4.81. The van der Waals surface area contributed by atoms with Crippen molar-refractivity contribution in [1.82, 2.24) is 5.32 Å². The van der Waals surface area contributed by atoms with E-state index in [-0.39, 0.29) is 11.9 Å². The maximum Gasteiger partial charge on any atom is 0.261 e. The van der Waals surface area contributed by atoms with Crippen LogP contribution in [-0.4, -0.2) is 19.1 Å². The van der Waals surface area contributed by atoms with E-state index in [0.717, 1.165) is 29.9 Å². The average Bonchev–Trinajstić information content (AvgIpc) is 2.71. The first-order valence-corrected chi connectivity index (χ1v) is 10.2. The Bertz CT molecular complexity index is 723. The Balaban J connectivity index is 2.10. The molecule has 2 unspecified atom stereocenters. The van der Waals surface area contributed by atoms with Crippen LogP contribution in [-0.2, 0) is 11.2 Å². The zero-order valence-corrected chi connectivity index (χ0v) is 17.7. The summed E-state index contributed by atoms with van der Waals surface area (Å²) in [4.78, 5) is 12.9. The van der Waals surface area contributed by atoms with Crippen LogP contribution in [0.25, 0.3) is 0 Å². The van der Waals surface area contributed by atoms with Crippen molar-refractivity contribution in [2.75, 3.05) is 7.11 Å². The third kappa shape index (κ3) is 6.29. The van der Waals surface area contributed by atoms with Crippen molar-refractivity contribution in [2.24, 2.45) is 5.92 Å². The highest BCUT2D eigenvalue weighted by Crippen LogP contribution is 2.24. The van der Waals surface area contributed by atoms with E-state index in [1.165, 1.54) is 5.56 Å². The van der Waals surface area contributed by atoms with Gasteiger partial charge in [-0.15, -0.1) is 0 Å². The molecule has 28 heavy (non-hydrogen) atoms. The Hall–Kier alpha value is -2.49. The molecule has 0 radical (unpaired) electrons. The molecule has 4 nitrogen and oxygen atoms in total. The fourth-order valence-corrected chi connectivity index (χ4v) is 3.14. The van der Waals surface area contributed by atoms with Crippen molar-refractivity contribution >= 4 is 5.91 Å². The van der Waals surface area contributed by atoms with E-state index in [9.17, 15) is 4.79 Å². The quantitative estimate of drug-likeness (QED) is 0.604. The molecule has 0 aromatic heterocycles. The van der Waals surface area contributed by atoms with E-state index in [1.807, 2.05) is 55.5 Å². The number of amides is 1. The summed E-state index contributed by atoms with van der Waals surface area (Å²) in [6.07, 6.45) is 1.94. The predicted molar refractivity (Wildman–Crippen MR) is 114 cm³/mol. The molecule has 0 heterocycles. The molecule has 0 aliphatic rings. The van der Waals surface area contributed by atoms with Gasteiger partial charge in [-0.2, -0.15) is 0 Å². The molecular weight excluding hydrogens is 350 g/mol. The summed E-state index contributed by atoms with van der Waals surface area (Å²) in [7, 11) is 1.65. The van der Waals surface area contributed by atoms with Gasteiger partial charge in [0, 0.05) is 0 Å². The number of carbonyl (C=O) groups excluding carboxylic acids is 1. The van der Waals surface area contributed by atoms with Crippen LogP contribution in [0.5, 0.6) is 11.5 Å². The van der Waals surface area contributed by atoms with Crippen LogP contribution >= 0.6 is 0 Å². The molecule has 0 saturated carbocycles. The SMILES string of the molecule is CCc1ccc(OC(CC)C(=O)NC(CC(C)C)c2ccc(OC)cc2)cc1. The molecule has 0 aliphatic heterocycles. The minimum Gasteiger partial charge on any atom is -0.497 e. The Morgan fingerprint density at radius 2 is 1.57 bits per heavy atom. The van der Waals surface area contributed by atoms with Gasteiger partial charge >= 0.3 is 0 Å². The second kappa shape index (κ2) is 10.7. The van der Waals surface area contributed by atoms with Gasteiger partial charge in [0.25, 0.3) is 5.91 Å². The Labute approximate surface area is 169 Å². The Morgan fingerprint density at radius 1 is 0.964 bits per heavy atom. The molecule has 0 fully saturated rings. The maximum absolute atomic E-state index is 12.9. The molecule has 2 aromatic rings. The highest BCUT2D eigenvalue weighted by molar-refractivity contribution is 5.81. The largest absolute Gasteiger partial charge is 0.497 e. The number of nitrogens with one attached hydrogen (secondary N) is 1. The molecule has 0 saturated heterocycles. The second-order valence-corrected chi connectivity index (χ2v) is 7.48. The van der Waals surface area contributed by atoms with Gasteiger partial charge in [0.1, 0.15) is 11.5 Å². The monoisotopic (exact) mass is 383 g/mol. The summed E-state index contributed by atoms with van der Waals surface area (Å²) < 4.78 is 11.2. The zero-order valence-electron chi connectivity index (χ0n) is 17.7. The summed E-state index contributed by atoms with van der Waals surface area (Å²) in [5.74, 6) is 1.91. The lowest BCUT2D eigenvalue weighted by Crippen LogP contribution is -2.40. The van der Waals surface area contributed by atoms with Crippen molar-refractivity contribution in [1.29, 1.82) is 0 Å². The number of ether oxygens (including phenoxy) is 2. The first-order chi connectivity index (χ1) is 13.5. The van der Waals surface area contributed by atoms with Gasteiger partial charge < -0.3 is 14.8 Å². The van der Waals surface area contributed by atoms with Gasteiger partial charge in [0.05, 0.1) is 13.2 Å². The van der Waals surface area contributed by atoms with Crippen molar-refractivity contribution in [3.63, 3.8) is 0 Å². The van der Waals surface area contributed by atoms with Gasteiger partial charge in [-0.05, 0) is 60.6 Å². The molecule has 2 aromatic carbocycles. The number of hydrogen-bond donors (Lipinski definition) is 1. The smallest absolute Gasteiger partial charge is 0.261 e. The van der Waals surface area contributed by atoms with Gasteiger partial charge in [-0.25, -0.2) is 0 Å². The highest BCUT2D eigenvalue weighted by Gasteiger charge is 2.23. The van der Waals surface area contributed by atoms with Gasteiger partial charge in [-0.3, -0.25) is 4.79 Å². The number of rotatable bonds is 10. The number of aryl methyl sites for hydroxylation is 1. The van der Waals surface area contributed by atoms with E-state index in [1.54, 1.807) is 7.11 Å². The molecular formula is C24H33NO3. The highest BCUT2D eigenvalue weighted by atomic mass is 16.5. The predicted octanol–water partition coefficient (Wildman–Crippen LogP) is 5.32. The fraction of sp³-hybridized carbons (Fsp3) is 0.458. The van der Waals surface area contributed by atoms with Crippen LogP contribution < -0.4 is 14.8 Å². The van der Waals surface area contributed by atoms with E-state index < -0.39 is 6.10 Å². The third-order valence-electron chi connectivity index (χ3n) is 4.81. The van der Waals surface area contributed by atoms with Crippen LogP contribution in [0, 0.1) is 5.92 Å². The van der Waals surface area contributed by atoms with Crippen molar-refractivity contribution < 1.29 is 14.3 Å². The molecule has 0 bridgehead atoms. The first-order valence-electron chi connectivity index (χ1n) is 10.2. The molecule has 0 aliphatic carbocycles. The van der Waals surface area contributed by atoms with Gasteiger partial charge in [0.15, 0.2) is 6.10 Å². The van der Waals surface area contributed by atoms with Gasteiger partial charge in [-0.1, -0.05) is 52.0 Å². The summed E-state index contributed by atoms with van der Waals surface area (Å²) in [5.41, 5.74) is 2.33. The molecule has 1 N–H and O–H groups in total. The van der Waals surface area contributed by atoms with Crippen molar-refractivity contribution in [3.8, 4) is 11.5 Å². The van der Waals surface area contributed by atoms with Gasteiger partial charge in [0.2, 0.25) is 0 Å². The van der Waals surface area contributed by atoms with Crippen LogP contribution in [0.4, 0.5) is 0 Å². The first kappa shape index (κ1) is 21.8. The molecule has 152 valence electrons. The maximum atomic E-state index is 12.9. The lowest BCUT2D eigenvalue weighted by molar-refractivity contribution is -0.129. The molecule has 2 atom stereocenters. The van der Waals surface area contributed by atoms with Crippen LogP contribution in [0.15, 0.2) is 48.5 Å². The fourth-order valence-electron chi connectivity index (χ4n) is 3.14. The lowest BCUT2D eigenvalue weighted by Gasteiger charge is -2.25. The number of carbonyl (C=O) groups is 1. The van der Waals surface area contributed by atoms with E-state index in [4.69, 9.17) is 9.47 Å². The molecule has 1 amide bonds. The van der Waals surface area contributed by atoms with E-state index >= 15 is 0 Å². The zero-order chi connectivity index (χ0) is 20.5. The number of methoxy groups -OCH3 is 1. The van der Waals surface area contributed by atoms with Crippen LogP contribution in [0.2, 0.25) is 0 Å². The minimum atomic E-state index is -0.514. The second-order valence-electron chi connectivity index (χ2n) is 7.48. The molecule has 0 spiro atoms. The summed E-state index contributed by atoms with van der Waals surface area (Å²) >= 11 is 0. The number of benzene rings is 2. The van der Waals surface area contributed by atoms with E-state index in [2.05, 4.69) is 26.1 Å². The van der Waals surface area contributed by atoms with Crippen molar-refractivity contribution in [2.45, 2.75) is 59.1 Å². The van der Waals surface area contributed by atoms with Crippen LogP contribution in [0.3, 0.4) is 0 Å². The Kier molecular flexibility index (Phi) is 8.37. The number of hydrogen-bond acceptors (Lipinski definition) is 3.